The minimum Gasteiger partial charge on any atom is -0.459 e. The van der Waals surface area contributed by atoms with Gasteiger partial charge in [0, 0.05) is 24.4 Å². The molecule has 1 fully saturated rings. The largest absolute Gasteiger partial charge is 0.459 e. The van der Waals surface area contributed by atoms with Crippen LogP contribution >= 0.6 is 12.2 Å². The van der Waals surface area contributed by atoms with Crippen LogP contribution in [0.4, 0.5) is 11.5 Å². The monoisotopic (exact) mass is 444 g/mol. The van der Waals surface area contributed by atoms with Crippen molar-refractivity contribution in [2.24, 2.45) is 0 Å². The SMILES string of the molecule is CC1=C(C(=O)OC[C@@H]2CCCO2)[C@H](c2ccccc2[N+](=O)[O-])n2c(cc(=O)[nH]c2=S)N1. The van der Waals surface area contributed by atoms with E-state index < -0.39 is 22.5 Å². The van der Waals surface area contributed by atoms with Gasteiger partial charge in [0.2, 0.25) is 0 Å². The van der Waals surface area contributed by atoms with Crippen molar-refractivity contribution < 1.29 is 19.2 Å². The predicted molar refractivity (Wildman–Crippen MR) is 113 cm³/mol. The third-order valence-corrected chi connectivity index (χ3v) is 5.60. The smallest absolute Gasteiger partial charge is 0.338 e. The molecule has 1 saturated heterocycles. The molecule has 1 aromatic heterocycles. The molecule has 0 unspecified atom stereocenters. The number of carbonyl (C=O) groups excluding carboxylic acids is 1. The number of esters is 1. The number of rotatable bonds is 5. The lowest BCUT2D eigenvalue weighted by molar-refractivity contribution is -0.385. The molecule has 3 heterocycles. The summed E-state index contributed by atoms with van der Waals surface area (Å²) < 4.78 is 12.5. The number of nitrogens with zero attached hydrogens (tertiary/aromatic N) is 2. The van der Waals surface area contributed by atoms with E-state index in [2.05, 4.69) is 10.3 Å². The van der Waals surface area contributed by atoms with E-state index in [4.69, 9.17) is 21.7 Å². The van der Waals surface area contributed by atoms with Crippen LogP contribution in [0.1, 0.15) is 31.4 Å². The summed E-state index contributed by atoms with van der Waals surface area (Å²) in [7, 11) is 0. The fourth-order valence-electron chi connectivity index (χ4n) is 3.92. The number of hydrogen-bond donors (Lipinski definition) is 2. The second kappa shape index (κ2) is 8.44. The number of carbonyl (C=O) groups is 1. The first kappa shape index (κ1) is 20.9. The highest BCUT2D eigenvalue weighted by atomic mass is 32.1. The number of nitrogens with one attached hydrogen (secondary N) is 2. The number of allylic oxidation sites excluding steroid dienone is 1. The summed E-state index contributed by atoms with van der Waals surface area (Å²) in [4.78, 5) is 38.8. The number of nitro groups is 1. The Kier molecular flexibility index (Phi) is 5.70. The maximum Gasteiger partial charge on any atom is 0.338 e. The summed E-state index contributed by atoms with van der Waals surface area (Å²) in [6, 6.07) is 6.43. The van der Waals surface area contributed by atoms with Crippen LogP contribution in [0.15, 0.2) is 46.4 Å². The topological polar surface area (TPSA) is 128 Å². The van der Waals surface area contributed by atoms with Gasteiger partial charge in [-0.1, -0.05) is 12.1 Å². The van der Waals surface area contributed by atoms with Crippen molar-refractivity contribution in [3.63, 3.8) is 0 Å². The van der Waals surface area contributed by atoms with Crippen LogP contribution in [0.5, 0.6) is 0 Å². The molecule has 2 N–H and O–H groups in total. The number of para-hydroxylation sites is 1. The van der Waals surface area contributed by atoms with Crippen LogP contribution in [-0.2, 0) is 14.3 Å². The van der Waals surface area contributed by atoms with Gasteiger partial charge < -0.3 is 14.8 Å². The molecule has 0 amide bonds. The molecule has 2 atom stereocenters. The Morgan fingerprint density at radius 3 is 2.90 bits per heavy atom. The number of nitro benzene ring substituents is 1. The lowest BCUT2D eigenvalue weighted by Crippen LogP contribution is -2.33. The first-order valence-electron chi connectivity index (χ1n) is 9.72. The first-order chi connectivity index (χ1) is 14.9. The lowest BCUT2D eigenvalue weighted by Gasteiger charge is -2.31. The minimum atomic E-state index is -0.959. The Balaban J connectivity index is 1.84. The molecule has 11 heteroatoms. The molecule has 0 saturated carbocycles. The normalized spacial score (nSPS) is 20.2. The molecule has 0 spiro atoms. The molecule has 1 aromatic carbocycles. The highest BCUT2D eigenvalue weighted by Gasteiger charge is 2.37. The second-order valence-electron chi connectivity index (χ2n) is 7.31. The van der Waals surface area contributed by atoms with Gasteiger partial charge in [-0.25, -0.2) is 4.79 Å². The Labute approximate surface area is 181 Å². The second-order valence-corrected chi connectivity index (χ2v) is 7.70. The molecule has 2 aliphatic rings. The van der Waals surface area contributed by atoms with Crippen LogP contribution < -0.4 is 10.9 Å². The van der Waals surface area contributed by atoms with Crippen LogP contribution in [-0.4, -0.2) is 39.8 Å². The van der Waals surface area contributed by atoms with Crippen LogP contribution in [0.3, 0.4) is 0 Å². The van der Waals surface area contributed by atoms with E-state index in [-0.39, 0.29) is 34.3 Å². The van der Waals surface area contributed by atoms with Crippen molar-refractivity contribution in [3.05, 3.63) is 72.4 Å². The quantitative estimate of drug-likeness (QED) is 0.312. The molecule has 0 aliphatic carbocycles. The van der Waals surface area contributed by atoms with Gasteiger partial charge in [0.1, 0.15) is 18.5 Å². The summed E-state index contributed by atoms with van der Waals surface area (Å²) in [5.74, 6) is -0.313. The van der Waals surface area contributed by atoms with Crippen molar-refractivity contribution in [3.8, 4) is 0 Å². The zero-order chi connectivity index (χ0) is 22.1. The predicted octanol–water partition coefficient (Wildman–Crippen LogP) is 2.83. The first-order valence-corrected chi connectivity index (χ1v) is 10.1. The molecule has 0 bridgehead atoms. The summed E-state index contributed by atoms with van der Waals surface area (Å²) in [5.41, 5.74) is 0.234. The fourth-order valence-corrected chi connectivity index (χ4v) is 4.22. The van der Waals surface area contributed by atoms with Gasteiger partial charge in [-0.15, -0.1) is 0 Å². The zero-order valence-electron chi connectivity index (χ0n) is 16.6. The third-order valence-electron chi connectivity index (χ3n) is 5.30. The molecule has 0 radical (unpaired) electrons. The Hall–Kier alpha value is -3.31. The van der Waals surface area contributed by atoms with Gasteiger partial charge in [0.15, 0.2) is 4.77 Å². The van der Waals surface area contributed by atoms with Crippen molar-refractivity contribution in [1.29, 1.82) is 0 Å². The molecule has 31 heavy (non-hydrogen) atoms. The van der Waals surface area contributed by atoms with E-state index in [0.29, 0.717) is 18.1 Å². The van der Waals surface area contributed by atoms with Gasteiger partial charge in [-0.05, 0) is 38.0 Å². The molecular weight excluding hydrogens is 424 g/mol. The summed E-state index contributed by atoms with van der Waals surface area (Å²) >= 11 is 5.35. The number of anilines is 1. The van der Waals surface area contributed by atoms with Crippen molar-refractivity contribution >= 4 is 29.7 Å². The number of benzene rings is 1. The van der Waals surface area contributed by atoms with Gasteiger partial charge in [-0.3, -0.25) is 24.5 Å². The Bertz CT molecular complexity index is 1190. The van der Waals surface area contributed by atoms with Crippen molar-refractivity contribution in [1.82, 2.24) is 9.55 Å². The van der Waals surface area contributed by atoms with Gasteiger partial charge in [0.05, 0.1) is 22.2 Å². The van der Waals surface area contributed by atoms with Gasteiger partial charge in [0.25, 0.3) is 11.2 Å². The zero-order valence-corrected chi connectivity index (χ0v) is 17.4. The van der Waals surface area contributed by atoms with Gasteiger partial charge in [-0.2, -0.15) is 0 Å². The van der Waals surface area contributed by atoms with Gasteiger partial charge >= 0.3 is 5.97 Å². The third kappa shape index (κ3) is 4.01. The summed E-state index contributed by atoms with van der Waals surface area (Å²) in [6.45, 7) is 2.36. The molecule has 10 nitrogen and oxygen atoms in total. The van der Waals surface area contributed by atoms with Crippen molar-refractivity contribution in [2.45, 2.75) is 31.9 Å². The van der Waals surface area contributed by atoms with E-state index in [0.717, 1.165) is 12.8 Å². The number of ether oxygens (including phenoxy) is 2. The lowest BCUT2D eigenvalue weighted by atomic mass is 9.93. The Morgan fingerprint density at radius 2 is 2.19 bits per heavy atom. The van der Waals surface area contributed by atoms with Crippen molar-refractivity contribution in [2.75, 3.05) is 18.5 Å². The van der Waals surface area contributed by atoms with Crippen LogP contribution in [0.25, 0.3) is 0 Å². The maximum absolute atomic E-state index is 13.2. The van der Waals surface area contributed by atoms with E-state index in [1.807, 2.05) is 0 Å². The maximum atomic E-state index is 13.2. The summed E-state index contributed by atoms with van der Waals surface area (Å²) in [6.07, 6.45) is 1.53. The molecular formula is C20H20N4O6S. The molecule has 162 valence electrons. The Morgan fingerprint density at radius 1 is 1.42 bits per heavy atom. The number of aromatic amines is 1. The number of H-pyrrole nitrogens is 1. The number of hydrogen-bond acceptors (Lipinski definition) is 8. The molecule has 4 rings (SSSR count). The fraction of sp³-hybridized carbons (Fsp3) is 0.350. The minimum absolute atomic E-state index is 0.0232. The number of aromatic nitrogens is 2. The van der Waals surface area contributed by atoms with E-state index in [9.17, 15) is 19.7 Å². The van der Waals surface area contributed by atoms with E-state index in [1.165, 1.54) is 16.7 Å². The average Bonchev–Trinajstić information content (AvgIpc) is 3.24. The molecule has 2 aromatic rings. The standard InChI is InChI=1S/C20H20N4O6S/c1-11-17(19(26)30-10-12-5-4-8-29-12)18(13-6-2-3-7-14(13)24(27)28)23-15(21-11)9-16(25)22-20(23)31/h2-3,6-7,9,12,18,21H,4-5,8,10H2,1H3,(H,22,25,31)/t12-,18-/m0/s1. The molecule has 2 aliphatic heterocycles. The van der Waals surface area contributed by atoms with Crippen LogP contribution in [0, 0.1) is 14.9 Å². The van der Waals surface area contributed by atoms with E-state index >= 15 is 0 Å². The van der Waals surface area contributed by atoms with E-state index in [1.54, 1.807) is 25.1 Å². The number of fused-ring (bicyclic) bond motifs is 1. The highest BCUT2D eigenvalue weighted by Crippen LogP contribution is 2.39. The highest BCUT2D eigenvalue weighted by molar-refractivity contribution is 7.71. The average molecular weight is 444 g/mol. The van der Waals surface area contributed by atoms with Crippen LogP contribution in [0.2, 0.25) is 0 Å². The summed E-state index contributed by atoms with van der Waals surface area (Å²) in [5, 5.41) is 14.7.